The molecule has 102 valence electrons. The van der Waals surface area contributed by atoms with Crippen molar-refractivity contribution in [1.82, 2.24) is 25.7 Å². The van der Waals surface area contributed by atoms with E-state index in [-0.39, 0.29) is 11.9 Å². The minimum absolute atomic E-state index is 0.138. The van der Waals surface area contributed by atoms with E-state index in [1.807, 2.05) is 13.8 Å². The number of H-pyrrole nitrogens is 1. The Balaban J connectivity index is 1.83. The Morgan fingerprint density at radius 3 is 3.05 bits per heavy atom. The van der Waals surface area contributed by atoms with Crippen LogP contribution in [-0.2, 0) is 0 Å². The number of carbonyl (C=O) groups is 1. The fourth-order valence-corrected chi connectivity index (χ4v) is 1.93. The van der Waals surface area contributed by atoms with Gasteiger partial charge < -0.3 is 9.84 Å². The van der Waals surface area contributed by atoms with Crippen LogP contribution in [0.5, 0.6) is 0 Å². The first-order valence-corrected chi connectivity index (χ1v) is 6.16. The monoisotopic (exact) mass is 271 g/mol. The first-order valence-electron chi connectivity index (χ1n) is 6.16. The van der Waals surface area contributed by atoms with Gasteiger partial charge in [-0.25, -0.2) is 4.98 Å². The number of carbonyl (C=O) groups excluding carboxylic acids is 1. The van der Waals surface area contributed by atoms with Gasteiger partial charge in [-0.3, -0.25) is 9.89 Å². The third kappa shape index (κ3) is 2.13. The summed E-state index contributed by atoms with van der Waals surface area (Å²) < 4.78 is 5.02. The number of fused-ring (bicyclic) bond motifs is 1. The van der Waals surface area contributed by atoms with Gasteiger partial charge in [-0.15, -0.1) is 0 Å². The van der Waals surface area contributed by atoms with Crippen LogP contribution in [0, 0.1) is 6.92 Å². The van der Waals surface area contributed by atoms with Gasteiger partial charge in [0.2, 0.25) is 0 Å². The van der Waals surface area contributed by atoms with Gasteiger partial charge in [-0.05, 0) is 19.9 Å². The molecule has 1 unspecified atom stereocenters. The summed E-state index contributed by atoms with van der Waals surface area (Å²) in [6.07, 6.45) is 4.90. The van der Waals surface area contributed by atoms with E-state index in [1.54, 1.807) is 18.5 Å². The number of pyridine rings is 1. The lowest BCUT2D eigenvalue weighted by Gasteiger charge is -2.11. The molecule has 3 rings (SSSR count). The second-order valence-corrected chi connectivity index (χ2v) is 4.57. The van der Waals surface area contributed by atoms with Crippen molar-refractivity contribution in [3.63, 3.8) is 0 Å². The van der Waals surface area contributed by atoms with Crippen LogP contribution in [0.1, 0.15) is 34.6 Å². The molecule has 1 amide bonds. The molecular weight excluding hydrogens is 258 g/mol. The van der Waals surface area contributed by atoms with Crippen LogP contribution in [0.25, 0.3) is 11.1 Å². The minimum Gasteiger partial charge on any atom is -0.345 e. The van der Waals surface area contributed by atoms with Crippen LogP contribution in [0.2, 0.25) is 0 Å². The zero-order chi connectivity index (χ0) is 14.1. The number of hydrogen-bond acceptors (Lipinski definition) is 5. The molecule has 0 aliphatic carbocycles. The highest BCUT2D eigenvalue weighted by molar-refractivity contribution is 5.97. The lowest BCUT2D eigenvalue weighted by atomic mass is 10.1. The molecule has 7 nitrogen and oxygen atoms in total. The molecule has 1 atom stereocenters. The van der Waals surface area contributed by atoms with Gasteiger partial charge in [0.25, 0.3) is 11.6 Å². The number of hydrogen-bond donors (Lipinski definition) is 2. The maximum absolute atomic E-state index is 12.2. The summed E-state index contributed by atoms with van der Waals surface area (Å²) in [6, 6.07) is 1.59. The van der Waals surface area contributed by atoms with E-state index in [9.17, 15) is 4.79 Å². The summed E-state index contributed by atoms with van der Waals surface area (Å²) in [7, 11) is 0. The van der Waals surface area contributed by atoms with Crippen molar-refractivity contribution in [3.05, 3.63) is 41.5 Å². The summed E-state index contributed by atoms with van der Waals surface area (Å²) in [5, 5.41) is 14.0. The quantitative estimate of drug-likeness (QED) is 0.756. The van der Waals surface area contributed by atoms with Gasteiger partial charge in [0, 0.05) is 18.0 Å². The molecule has 0 bridgehead atoms. The average Bonchev–Trinajstić information content (AvgIpc) is 3.09. The number of amides is 1. The summed E-state index contributed by atoms with van der Waals surface area (Å²) in [6.45, 7) is 3.70. The second-order valence-electron chi connectivity index (χ2n) is 4.57. The highest BCUT2D eigenvalue weighted by Crippen LogP contribution is 2.17. The van der Waals surface area contributed by atoms with Crippen molar-refractivity contribution in [2.75, 3.05) is 0 Å². The second kappa shape index (κ2) is 4.76. The third-order valence-electron chi connectivity index (χ3n) is 3.14. The minimum atomic E-state index is -0.200. The first kappa shape index (κ1) is 12.3. The highest BCUT2D eigenvalue weighted by atomic mass is 16.5. The highest BCUT2D eigenvalue weighted by Gasteiger charge is 2.14. The molecule has 2 N–H and O–H groups in total. The third-order valence-corrected chi connectivity index (χ3v) is 3.14. The van der Waals surface area contributed by atoms with Gasteiger partial charge in [0.05, 0.1) is 28.9 Å². The predicted octanol–water partition coefficient (Wildman–Crippen LogP) is 1.75. The van der Waals surface area contributed by atoms with Crippen LogP contribution in [-0.4, -0.2) is 26.2 Å². The Kier molecular flexibility index (Phi) is 2.94. The van der Waals surface area contributed by atoms with Crippen molar-refractivity contribution in [1.29, 1.82) is 0 Å². The van der Waals surface area contributed by atoms with E-state index in [0.29, 0.717) is 17.0 Å². The van der Waals surface area contributed by atoms with Crippen LogP contribution < -0.4 is 5.32 Å². The van der Waals surface area contributed by atoms with Gasteiger partial charge >= 0.3 is 0 Å². The Hall–Kier alpha value is -2.70. The molecule has 0 saturated heterocycles. The van der Waals surface area contributed by atoms with Crippen molar-refractivity contribution >= 4 is 17.0 Å². The molecule has 3 aromatic rings. The summed E-state index contributed by atoms with van der Waals surface area (Å²) in [4.78, 5) is 16.3. The number of nitrogens with zero attached hydrogens (tertiary/aromatic N) is 3. The molecule has 0 aliphatic rings. The molecule has 3 aromatic heterocycles. The molecule has 0 saturated carbocycles. The maximum atomic E-state index is 12.2. The van der Waals surface area contributed by atoms with E-state index in [2.05, 4.69) is 25.7 Å². The zero-order valence-electron chi connectivity index (χ0n) is 11.0. The lowest BCUT2D eigenvalue weighted by molar-refractivity contribution is 0.0939. The SMILES string of the molecule is Cc1noc2ncc(C(=O)NC(C)c3cn[nH]c3)cc12. The topological polar surface area (TPSA) is 96.7 Å². The van der Waals surface area contributed by atoms with Crippen molar-refractivity contribution < 1.29 is 9.32 Å². The number of aromatic amines is 1. The fourth-order valence-electron chi connectivity index (χ4n) is 1.93. The predicted molar refractivity (Wildman–Crippen MR) is 71.0 cm³/mol. The van der Waals surface area contributed by atoms with E-state index in [0.717, 1.165) is 10.9 Å². The largest absolute Gasteiger partial charge is 0.345 e. The number of nitrogens with one attached hydrogen (secondary N) is 2. The van der Waals surface area contributed by atoms with Crippen molar-refractivity contribution in [3.8, 4) is 0 Å². The van der Waals surface area contributed by atoms with E-state index >= 15 is 0 Å². The Morgan fingerprint density at radius 2 is 2.30 bits per heavy atom. The standard InChI is InChI=1S/C13H13N5O2/c1-7(10-5-15-16-6-10)17-12(19)9-3-11-8(2)18-20-13(11)14-4-9/h3-7H,1-2H3,(H,15,16)(H,17,19). The molecule has 0 aliphatic heterocycles. The smallest absolute Gasteiger partial charge is 0.257 e. The summed E-state index contributed by atoms with van der Waals surface area (Å²) >= 11 is 0. The number of rotatable bonds is 3. The van der Waals surface area contributed by atoms with E-state index < -0.39 is 0 Å². The zero-order valence-corrected chi connectivity index (χ0v) is 11.0. The van der Waals surface area contributed by atoms with Gasteiger partial charge in [-0.1, -0.05) is 5.16 Å². The molecule has 0 spiro atoms. The van der Waals surface area contributed by atoms with E-state index in [4.69, 9.17) is 4.52 Å². The van der Waals surface area contributed by atoms with Crippen LogP contribution in [0.15, 0.2) is 29.2 Å². The first-order chi connectivity index (χ1) is 9.65. The Labute approximate surface area is 114 Å². The average molecular weight is 271 g/mol. The van der Waals surface area contributed by atoms with Crippen LogP contribution >= 0.6 is 0 Å². The molecule has 20 heavy (non-hydrogen) atoms. The normalized spacial score (nSPS) is 12.5. The Bertz CT molecular complexity index is 747. The van der Waals surface area contributed by atoms with Crippen molar-refractivity contribution in [2.24, 2.45) is 0 Å². The Morgan fingerprint density at radius 1 is 1.45 bits per heavy atom. The lowest BCUT2D eigenvalue weighted by Crippen LogP contribution is -2.26. The molecule has 7 heteroatoms. The molecule has 3 heterocycles. The molecule has 0 fully saturated rings. The molecule has 0 radical (unpaired) electrons. The van der Waals surface area contributed by atoms with E-state index in [1.165, 1.54) is 6.20 Å². The molecule has 0 aromatic carbocycles. The fraction of sp³-hybridized carbons (Fsp3) is 0.231. The van der Waals surface area contributed by atoms with Gasteiger partial charge in [0.15, 0.2) is 0 Å². The number of aryl methyl sites for hydroxylation is 1. The van der Waals surface area contributed by atoms with Crippen LogP contribution in [0.3, 0.4) is 0 Å². The number of aromatic nitrogens is 4. The molecular formula is C13H13N5O2. The van der Waals surface area contributed by atoms with Crippen LogP contribution in [0.4, 0.5) is 0 Å². The van der Waals surface area contributed by atoms with Gasteiger partial charge in [-0.2, -0.15) is 5.10 Å². The summed E-state index contributed by atoms with van der Waals surface area (Å²) in [5.74, 6) is -0.200. The van der Waals surface area contributed by atoms with Crippen molar-refractivity contribution in [2.45, 2.75) is 19.9 Å². The summed E-state index contributed by atoms with van der Waals surface area (Å²) in [5.41, 5.74) is 2.53. The van der Waals surface area contributed by atoms with Gasteiger partial charge in [0.1, 0.15) is 0 Å². The maximum Gasteiger partial charge on any atom is 0.257 e.